The lowest BCUT2D eigenvalue weighted by molar-refractivity contribution is 0.102. The van der Waals surface area contributed by atoms with E-state index in [1.165, 1.54) is 0 Å². The molecule has 3 aromatic rings. The number of hydrogen-bond donors (Lipinski definition) is 2. The summed E-state index contributed by atoms with van der Waals surface area (Å²) >= 11 is 11.3. The second-order valence-corrected chi connectivity index (χ2v) is 8.44. The maximum Gasteiger partial charge on any atom is 0.193 e. The van der Waals surface area contributed by atoms with Gasteiger partial charge in [-0.2, -0.15) is 0 Å². The average molecular weight is 479 g/mol. The van der Waals surface area contributed by atoms with Crippen LogP contribution in [0.3, 0.4) is 0 Å². The Kier molecular flexibility index (Phi) is 6.96. The van der Waals surface area contributed by atoms with Gasteiger partial charge < -0.3 is 20.1 Å². The van der Waals surface area contributed by atoms with Crippen LogP contribution in [0.2, 0.25) is 5.02 Å². The number of ketones is 1. The molecule has 1 atom stereocenters. The van der Waals surface area contributed by atoms with Gasteiger partial charge in [0.25, 0.3) is 0 Å². The molecule has 7 heteroatoms. The second kappa shape index (κ2) is 10.1. The van der Waals surface area contributed by atoms with Gasteiger partial charge in [-0.15, -0.1) is 0 Å². The number of hydrogen-bond acceptors (Lipinski definition) is 4. The van der Waals surface area contributed by atoms with Gasteiger partial charge in [0.2, 0.25) is 0 Å². The number of carbonyl (C=O) groups excluding carboxylic acids is 1. The topological polar surface area (TPSA) is 59.6 Å². The maximum atomic E-state index is 13.4. The van der Waals surface area contributed by atoms with E-state index in [0.717, 1.165) is 16.8 Å². The summed E-state index contributed by atoms with van der Waals surface area (Å²) in [5.41, 5.74) is 3.77. The first-order valence-electron chi connectivity index (χ1n) is 10.4. The van der Waals surface area contributed by atoms with Crippen molar-refractivity contribution in [2.24, 2.45) is 0 Å². The molecule has 5 nitrogen and oxygen atoms in total. The molecular formula is C26H23ClN2O3S. The van der Waals surface area contributed by atoms with Crippen LogP contribution in [0.5, 0.6) is 11.5 Å². The lowest BCUT2D eigenvalue weighted by Crippen LogP contribution is -2.44. The van der Waals surface area contributed by atoms with Crippen LogP contribution < -0.4 is 20.1 Å². The van der Waals surface area contributed by atoms with E-state index in [4.69, 9.17) is 33.3 Å². The lowest BCUT2D eigenvalue weighted by Gasteiger charge is -2.30. The van der Waals surface area contributed by atoms with E-state index in [9.17, 15) is 4.79 Å². The molecule has 0 bridgehead atoms. The van der Waals surface area contributed by atoms with Crippen molar-refractivity contribution in [1.82, 2.24) is 10.6 Å². The number of Topliss-reactive ketones (excluding diaryl/α,β-unsaturated/α-hetero) is 1. The zero-order valence-corrected chi connectivity index (χ0v) is 19.8. The fourth-order valence-corrected chi connectivity index (χ4v) is 4.11. The van der Waals surface area contributed by atoms with Crippen molar-refractivity contribution in [2.45, 2.75) is 19.6 Å². The van der Waals surface area contributed by atoms with E-state index < -0.39 is 6.04 Å². The van der Waals surface area contributed by atoms with Crippen molar-refractivity contribution in [2.75, 3.05) is 7.11 Å². The number of rotatable bonds is 7. The van der Waals surface area contributed by atoms with Gasteiger partial charge >= 0.3 is 0 Å². The number of ether oxygens (including phenoxy) is 2. The quantitative estimate of drug-likeness (QED) is 0.340. The summed E-state index contributed by atoms with van der Waals surface area (Å²) in [5, 5.41) is 7.45. The normalized spacial score (nSPS) is 15.5. The standard InChI is InChI=1S/C26H23ClN2O3S/c1-16-23(25(30)18-6-4-3-5-7-18)24(29-26(33)28-16)19-10-13-21(22(14-19)31-2)32-15-17-8-11-20(27)12-9-17/h3-14,24H,15H2,1-2H3,(H2,28,29,33)/t24-/m0/s1. The highest BCUT2D eigenvalue weighted by atomic mass is 35.5. The molecule has 0 radical (unpaired) electrons. The zero-order valence-electron chi connectivity index (χ0n) is 18.2. The Hall–Kier alpha value is -3.35. The van der Waals surface area contributed by atoms with Gasteiger partial charge in [0, 0.05) is 21.9 Å². The zero-order chi connectivity index (χ0) is 23.4. The van der Waals surface area contributed by atoms with Crippen LogP contribution in [0, 0.1) is 0 Å². The smallest absolute Gasteiger partial charge is 0.193 e. The molecule has 0 aliphatic carbocycles. The van der Waals surface area contributed by atoms with Crippen molar-refractivity contribution in [3.63, 3.8) is 0 Å². The highest BCUT2D eigenvalue weighted by molar-refractivity contribution is 7.80. The Morgan fingerprint density at radius 1 is 1.03 bits per heavy atom. The summed E-state index contributed by atoms with van der Waals surface area (Å²) in [4.78, 5) is 13.4. The Bertz CT molecular complexity index is 1210. The van der Waals surface area contributed by atoms with Crippen molar-refractivity contribution in [3.05, 3.63) is 106 Å². The van der Waals surface area contributed by atoms with Gasteiger partial charge in [0.15, 0.2) is 22.4 Å². The summed E-state index contributed by atoms with van der Waals surface area (Å²) in [5.74, 6) is 1.10. The van der Waals surface area contributed by atoms with Gasteiger partial charge in [-0.1, -0.05) is 60.1 Å². The van der Waals surface area contributed by atoms with E-state index >= 15 is 0 Å². The highest BCUT2D eigenvalue weighted by Crippen LogP contribution is 2.35. The van der Waals surface area contributed by atoms with Gasteiger partial charge in [0.05, 0.1) is 13.2 Å². The molecule has 0 aromatic heterocycles. The van der Waals surface area contributed by atoms with Crippen molar-refractivity contribution >= 4 is 34.7 Å². The largest absolute Gasteiger partial charge is 0.493 e. The fourth-order valence-electron chi connectivity index (χ4n) is 3.71. The Labute approximate surface area is 203 Å². The molecule has 0 fully saturated rings. The molecule has 3 aromatic carbocycles. The molecule has 0 unspecified atom stereocenters. The van der Waals surface area contributed by atoms with Crippen molar-refractivity contribution in [3.8, 4) is 11.5 Å². The van der Waals surface area contributed by atoms with Crippen LogP contribution in [-0.2, 0) is 6.61 Å². The summed E-state index contributed by atoms with van der Waals surface area (Å²) in [6.45, 7) is 2.23. The van der Waals surface area contributed by atoms with Crippen LogP contribution in [0.1, 0.15) is 34.5 Å². The Morgan fingerprint density at radius 2 is 1.76 bits per heavy atom. The van der Waals surface area contributed by atoms with Crippen LogP contribution >= 0.6 is 23.8 Å². The number of thiocarbonyl (C=S) groups is 1. The number of methoxy groups -OCH3 is 1. The molecule has 1 aliphatic heterocycles. The van der Waals surface area contributed by atoms with Crippen LogP contribution in [0.4, 0.5) is 0 Å². The number of allylic oxidation sites excluding steroid dienone is 1. The predicted molar refractivity (Wildman–Crippen MR) is 134 cm³/mol. The van der Waals surface area contributed by atoms with Crippen molar-refractivity contribution < 1.29 is 14.3 Å². The second-order valence-electron chi connectivity index (χ2n) is 7.59. The fraction of sp³-hybridized carbons (Fsp3) is 0.154. The van der Waals surface area contributed by atoms with E-state index in [1.54, 1.807) is 19.2 Å². The molecule has 0 saturated heterocycles. The summed E-state index contributed by atoms with van der Waals surface area (Å²) < 4.78 is 11.6. The molecule has 4 rings (SSSR count). The van der Waals surface area contributed by atoms with Crippen LogP contribution in [-0.4, -0.2) is 18.0 Å². The number of halogens is 1. The van der Waals surface area contributed by atoms with E-state index in [0.29, 0.717) is 39.4 Å². The average Bonchev–Trinajstić information content (AvgIpc) is 2.83. The molecule has 0 saturated carbocycles. The Morgan fingerprint density at radius 3 is 2.45 bits per heavy atom. The van der Waals surface area contributed by atoms with Gasteiger partial charge in [-0.25, -0.2) is 0 Å². The molecule has 1 aliphatic rings. The summed E-state index contributed by atoms with van der Waals surface area (Å²) in [6, 6.07) is 21.9. The summed E-state index contributed by atoms with van der Waals surface area (Å²) in [7, 11) is 1.59. The highest BCUT2D eigenvalue weighted by Gasteiger charge is 2.31. The first kappa shape index (κ1) is 22.8. The SMILES string of the molecule is COc1cc([C@@H]2NC(=S)NC(C)=C2C(=O)c2ccccc2)ccc1OCc1ccc(Cl)cc1. The maximum absolute atomic E-state index is 13.4. The third kappa shape index (κ3) is 5.18. The third-order valence-electron chi connectivity index (χ3n) is 5.38. The van der Waals surface area contributed by atoms with E-state index in [1.807, 2.05) is 67.6 Å². The minimum atomic E-state index is -0.425. The van der Waals surface area contributed by atoms with Gasteiger partial charge in [-0.3, -0.25) is 4.79 Å². The Balaban J connectivity index is 1.63. The predicted octanol–water partition coefficient (Wildman–Crippen LogP) is 5.60. The molecule has 168 valence electrons. The molecule has 1 heterocycles. The van der Waals surface area contributed by atoms with E-state index in [2.05, 4.69) is 10.6 Å². The van der Waals surface area contributed by atoms with Crippen molar-refractivity contribution in [1.29, 1.82) is 0 Å². The first-order valence-corrected chi connectivity index (χ1v) is 11.2. The monoisotopic (exact) mass is 478 g/mol. The number of nitrogens with one attached hydrogen (secondary N) is 2. The molecule has 0 amide bonds. The third-order valence-corrected chi connectivity index (χ3v) is 5.85. The lowest BCUT2D eigenvalue weighted by atomic mass is 9.89. The molecule has 0 spiro atoms. The van der Waals surface area contributed by atoms with Gasteiger partial charge in [0.1, 0.15) is 6.61 Å². The van der Waals surface area contributed by atoms with Crippen LogP contribution in [0.25, 0.3) is 0 Å². The van der Waals surface area contributed by atoms with E-state index in [-0.39, 0.29) is 5.78 Å². The number of carbonyl (C=O) groups is 1. The molecular weight excluding hydrogens is 456 g/mol. The van der Waals surface area contributed by atoms with Crippen LogP contribution in [0.15, 0.2) is 84.1 Å². The minimum absolute atomic E-state index is 0.0670. The minimum Gasteiger partial charge on any atom is -0.493 e. The molecule has 2 N–H and O–H groups in total. The first-order chi connectivity index (χ1) is 16.0. The van der Waals surface area contributed by atoms with Gasteiger partial charge in [-0.05, 0) is 54.5 Å². The molecule has 33 heavy (non-hydrogen) atoms. The summed E-state index contributed by atoms with van der Waals surface area (Å²) in [6.07, 6.45) is 0. The number of benzene rings is 3.